The zero-order chi connectivity index (χ0) is 13.9. The van der Waals surface area contributed by atoms with Crippen molar-refractivity contribution < 1.29 is 9.90 Å². The number of carbonyl (C=O) groups excluding carboxylic acids is 1. The Labute approximate surface area is 114 Å². The van der Waals surface area contributed by atoms with Crippen molar-refractivity contribution in [2.24, 2.45) is 5.41 Å². The molecule has 0 aliphatic carbocycles. The van der Waals surface area contributed by atoms with Crippen molar-refractivity contribution in [3.63, 3.8) is 0 Å². The van der Waals surface area contributed by atoms with E-state index in [9.17, 15) is 9.90 Å². The predicted molar refractivity (Wildman–Crippen MR) is 74.8 cm³/mol. The minimum atomic E-state index is -0.160. The molecule has 4 heteroatoms. The lowest BCUT2D eigenvalue weighted by molar-refractivity contribution is -0.126. The fourth-order valence-corrected chi connectivity index (χ4v) is 2.60. The second kappa shape index (κ2) is 5.61. The Morgan fingerprint density at radius 1 is 1.47 bits per heavy atom. The van der Waals surface area contributed by atoms with E-state index < -0.39 is 0 Å². The number of rotatable bonds is 3. The van der Waals surface area contributed by atoms with Gasteiger partial charge in [-0.15, -0.1) is 0 Å². The first-order valence-corrected chi connectivity index (χ1v) is 6.79. The fourth-order valence-electron chi connectivity index (χ4n) is 2.60. The van der Waals surface area contributed by atoms with Gasteiger partial charge >= 0.3 is 0 Å². The van der Waals surface area contributed by atoms with Crippen LogP contribution < -0.4 is 10.6 Å². The smallest absolute Gasteiger partial charge is 0.237 e. The van der Waals surface area contributed by atoms with E-state index in [1.54, 1.807) is 12.1 Å². The van der Waals surface area contributed by atoms with Gasteiger partial charge in [-0.3, -0.25) is 4.79 Å². The van der Waals surface area contributed by atoms with Gasteiger partial charge in [0.1, 0.15) is 5.75 Å². The SMILES string of the molecule is CC1(C)CCCNC1C(=O)NCc1ccccc1O. The maximum absolute atomic E-state index is 12.2. The van der Waals surface area contributed by atoms with Gasteiger partial charge in [-0.2, -0.15) is 0 Å². The second-order valence-corrected chi connectivity index (χ2v) is 5.83. The zero-order valence-corrected chi connectivity index (χ0v) is 11.6. The first kappa shape index (κ1) is 13.9. The van der Waals surface area contributed by atoms with Crippen molar-refractivity contribution in [2.75, 3.05) is 6.54 Å². The van der Waals surface area contributed by atoms with Gasteiger partial charge in [-0.25, -0.2) is 0 Å². The number of phenolic OH excluding ortho intramolecular Hbond substituents is 1. The Morgan fingerprint density at radius 3 is 2.89 bits per heavy atom. The van der Waals surface area contributed by atoms with Crippen LogP contribution in [0.15, 0.2) is 24.3 Å². The van der Waals surface area contributed by atoms with E-state index in [2.05, 4.69) is 24.5 Å². The molecule has 0 aromatic heterocycles. The summed E-state index contributed by atoms with van der Waals surface area (Å²) in [5.74, 6) is 0.228. The maximum atomic E-state index is 12.2. The molecule has 0 radical (unpaired) electrons. The van der Waals surface area contributed by atoms with Crippen LogP contribution in [-0.2, 0) is 11.3 Å². The normalized spacial score (nSPS) is 21.9. The van der Waals surface area contributed by atoms with E-state index in [0.717, 1.165) is 24.9 Å². The van der Waals surface area contributed by atoms with Crippen LogP contribution in [-0.4, -0.2) is 23.6 Å². The van der Waals surface area contributed by atoms with Gasteiger partial charge in [0.2, 0.25) is 5.91 Å². The highest BCUT2D eigenvalue weighted by molar-refractivity contribution is 5.82. The number of phenols is 1. The van der Waals surface area contributed by atoms with Crippen LogP contribution in [0.1, 0.15) is 32.3 Å². The van der Waals surface area contributed by atoms with Gasteiger partial charge in [0.05, 0.1) is 6.04 Å². The standard InChI is InChI=1S/C15H22N2O2/c1-15(2)8-5-9-16-13(15)14(19)17-10-11-6-3-4-7-12(11)18/h3-4,6-7,13,16,18H,5,8-10H2,1-2H3,(H,17,19). The van der Waals surface area contributed by atoms with Gasteiger partial charge in [0, 0.05) is 12.1 Å². The predicted octanol–water partition coefficient (Wildman–Crippen LogP) is 1.79. The Kier molecular flexibility index (Phi) is 4.10. The molecule has 2 rings (SSSR count). The van der Waals surface area contributed by atoms with Crippen LogP contribution >= 0.6 is 0 Å². The average molecular weight is 262 g/mol. The molecule has 0 bridgehead atoms. The third-order valence-corrected chi connectivity index (χ3v) is 3.83. The third kappa shape index (κ3) is 3.26. The lowest BCUT2D eigenvalue weighted by Gasteiger charge is -2.38. The summed E-state index contributed by atoms with van der Waals surface area (Å²) < 4.78 is 0. The van der Waals surface area contributed by atoms with E-state index in [-0.39, 0.29) is 23.1 Å². The summed E-state index contributed by atoms with van der Waals surface area (Å²) in [6.45, 7) is 5.48. The highest BCUT2D eigenvalue weighted by Gasteiger charge is 2.36. The number of nitrogens with one attached hydrogen (secondary N) is 2. The molecule has 3 N–H and O–H groups in total. The van der Waals surface area contributed by atoms with Gasteiger partial charge < -0.3 is 15.7 Å². The van der Waals surface area contributed by atoms with Crippen LogP contribution in [0, 0.1) is 5.41 Å². The Hall–Kier alpha value is -1.55. The summed E-state index contributed by atoms with van der Waals surface area (Å²) in [6.07, 6.45) is 2.16. The van der Waals surface area contributed by atoms with Crippen LogP contribution in [0.3, 0.4) is 0 Å². The maximum Gasteiger partial charge on any atom is 0.237 e. The molecule has 1 fully saturated rings. The van der Waals surface area contributed by atoms with Gasteiger partial charge in [-0.05, 0) is 30.9 Å². The molecule has 1 unspecified atom stereocenters. The summed E-state index contributed by atoms with van der Waals surface area (Å²) in [6, 6.07) is 6.91. The highest BCUT2D eigenvalue weighted by Crippen LogP contribution is 2.30. The Balaban J connectivity index is 1.96. The molecular weight excluding hydrogens is 240 g/mol. The third-order valence-electron chi connectivity index (χ3n) is 3.83. The van der Waals surface area contributed by atoms with Crippen molar-refractivity contribution in [3.8, 4) is 5.75 Å². The fraction of sp³-hybridized carbons (Fsp3) is 0.533. The molecule has 1 saturated heterocycles. The Bertz CT molecular complexity index is 457. The largest absolute Gasteiger partial charge is 0.508 e. The van der Waals surface area contributed by atoms with Crippen molar-refractivity contribution in [1.29, 1.82) is 0 Å². The number of amides is 1. The molecule has 1 aromatic carbocycles. The van der Waals surface area contributed by atoms with Crippen LogP contribution in [0.2, 0.25) is 0 Å². The molecule has 1 aromatic rings. The topological polar surface area (TPSA) is 61.4 Å². The van der Waals surface area contributed by atoms with Crippen LogP contribution in [0.25, 0.3) is 0 Å². The number of aromatic hydroxyl groups is 1. The number of hydrogen-bond donors (Lipinski definition) is 3. The number of benzene rings is 1. The molecule has 0 spiro atoms. The summed E-state index contributed by atoms with van der Waals surface area (Å²) in [7, 11) is 0. The summed E-state index contributed by atoms with van der Waals surface area (Å²) in [5, 5.41) is 15.9. The zero-order valence-electron chi connectivity index (χ0n) is 11.6. The number of carbonyl (C=O) groups is 1. The summed E-state index contributed by atoms with van der Waals surface area (Å²) in [4.78, 5) is 12.2. The van der Waals surface area contributed by atoms with Gasteiger partial charge in [0.25, 0.3) is 0 Å². The molecular formula is C15H22N2O2. The molecule has 1 amide bonds. The molecule has 1 atom stereocenters. The number of hydrogen-bond acceptors (Lipinski definition) is 3. The lowest BCUT2D eigenvalue weighted by atomic mass is 9.77. The highest BCUT2D eigenvalue weighted by atomic mass is 16.3. The molecule has 1 heterocycles. The average Bonchev–Trinajstić information content (AvgIpc) is 2.37. The molecule has 1 aliphatic heterocycles. The number of para-hydroxylation sites is 1. The molecule has 1 aliphatic rings. The molecule has 19 heavy (non-hydrogen) atoms. The molecule has 0 saturated carbocycles. The molecule has 104 valence electrons. The minimum Gasteiger partial charge on any atom is -0.508 e. The van der Waals surface area contributed by atoms with Gasteiger partial charge in [0.15, 0.2) is 0 Å². The first-order chi connectivity index (χ1) is 9.00. The van der Waals surface area contributed by atoms with Crippen molar-refractivity contribution in [1.82, 2.24) is 10.6 Å². The van der Waals surface area contributed by atoms with Gasteiger partial charge in [-0.1, -0.05) is 32.0 Å². The van der Waals surface area contributed by atoms with E-state index in [1.807, 2.05) is 12.1 Å². The van der Waals surface area contributed by atoms with E-state index in [1.165, 1.54) is 0 Å². The monoisotopic (exact) mass is 262 g/mol. The minimum absolute atomic E-state index is 0.00736. The van der Waals surface area contributed by atoms with Crippen LogP contribution in [0.4, 0.5) is 0 Å². The summed E-state index contributed by atoms with van der Waals surface area (Å²) in [5.41, 5.74) is 0.714. The van der Waals surface area contributed by atoms with E-state index in [4.69, 9.17) is 0 Å². The quantitative estimate of drug-likeness (QED) is 0.778. The van der Waals surface area contributed by atoms with E-state index in [0.29, 0.717) is 6.54 Å². The number of piperidine rings is 1. The van der Waals surface area contributed by atoms with Crippen molar-refractivity contribution in [2.45, 2.75) is 39.3 Å². The second-order valence-electron chi connectivity index (χ2n) is 5.83. The molecule has 4 nitrogen and oxygen atoms in total. The lowest BCUT2D eigenvalue weighted by Crippen LogP contribution is -2.55. The van der Waals surface area contributed by atoms with Crippen molar-refractivity contribution >= 4 is 5.91 Å². The summed E-state index contributed by atoms with van der Waals surface area (Å²) >= 11 is 0. The van der Waals surface area contributed by atoms with Crippen molar-refractivity contribution in [3.05, 3.63) is 29.8 Å². The first-order valence-electron chi connectivity index (χ1n) is 6.79. The Morgan fingerprint density at radius 2 is 2.21 bits per heavy atom. The van der Waals surface area contributed by atoms with Crippen LogP contribution in [0.5, 0.6) is 5.75 Å². The van der Waals surface area contributed by atoms with E-state index >= 15 is 0 Å².